The highest BCUT2D eigenvalue weighted by atomic mass is 35.5. The van der Waals surface area contributed by atoms with E-state index in [2.05, 4.69) is 48.9 Å². The van der Waals surface area contributed by atoms with Crippen LogP contribution in [0.4, 0.5) is 0 Å². The first-order chi connectivity index (χ1) is 7.20. The van der Waals surface area contributed by atoms with Crippen LogP contribution in [0.25, 0.3) is 0 Å². The minimum atomic E-state index is 0. The summed E-state index contributed by atoms with van der Waals surface area (Å²) in [6.07, 6.45) is 3.63. The maximum atomic E-state index is 4.07. The molecule has 1 N–H and O–H groups in total. The Morgan fingerprint density at radius 3 is 2.47 bits per heavy atom. The second kappa shape index (κ2) is 6.67. The molecule has 1 aromatic heterocycles. The Kier molecular flexibility index (Phi) is 6.29. The molecule has 0 spiro atoms. The monoisotopic (exact) mass is 272 g/mol. The van der Waals surface area contributed by atoms with Crippen LogP contribution in [0.15, 0.2) is 30.7 Å². The second-order valence-electron chi connectivity index (χ2n) is 4.02. The van der Waals surface area contributed by atoms with Gasteiger partial charge in [0.05, 0.1) is 6.33 Å². The molecule has 17 heavy (non-hydrogen) atoms. The van der Waals surface area contributed by atoms with Gasteiger partial charge >= 0.3 is 0 Å². The van der Waals surface area contributed by atoms with Crippen LogP contribution in [-0.2, 0) is 0 Å². The van der Waals surface area contributed by atoms with Gasteiger partial charge in [-0.05, 0) is 30.5 Å². The number of halogens is 2. The normalized spacial score (nSPS) is 11.2. The average Bonchev–Trinajstić information content (AvgIpc) is 2.74. The van der Waals surface area contributed by atoms with Crippen molar-refractivity contribution in [1.82, 2.24) is 9.97 Å². The van der Waals surface area contributed by atoms with Gasteiger partial charge in [-0.1, -0.05) is 25.1 Å². The van der Waals surface area contributed by atoms with Crippen molar-refractivity contribution in [2.45, 2.75) is 26.7 Å². The van der Waals surface area contributed by atoms with Crippen molar-refractivity contribution in [1.29, 1.82) is 0 Å². The molecular formula is C13H18Cl2N2. The quantitative estimate of drug-likeness (QED) is 0.879. The molecule has 94 valence electrons. The van der Waals surface area contributed by atoms with E-state index in [0.717, 1.165) is 0 Å². The number of aromatic nitrogens is 2. The zero-order chi connectivity index (χ0) is 10.8. The van der Waals surface area contributed by atoms with Gasteiger partial charge in [0.15, 0.2) is 0 Å². The van der Waals surface area contributed by atoms with Gasteiger partial charge in [-0.3, -0.25) is 0 Å². The van der Waals surface area contributed by atoms with Crippen molar-refractivity contribution >= 4 is 24.8 Å². The van der Waals surface area contributed by atoms with Crippen LogP contribution in [0.2, 0.25) is 0 Å². The third-order valence-electron chi connectivity index (χ3n) is 3.10. The Labute approximate surface area is 115 Å². The molecule has 0 aliphatic carbocycles. The standard InChI is InChI=1S/C13H16N2.2ClH/c1-9-5-4-6-12(10(9)2)11(3)13-7-14-8-15-13;;/h4-8,11H,1-3H3,(H,14,15);2*1H. The molecule has 2 aromatic rings. The number of benzene rings is 1. The smallest absolute Gasteiger partial charge is 0.0921 e. The first kappa shape index (κ1) is 16.0. The van der Waals surface area contributed by atoms with Crippen LogP contribution < -0.4 is 0 Å². The third kappa shape index (κ3) is 3.24. The lowest BCUT2D eigenvalue weighted by atomic mass is 9.92. The molecule has 0 saturated carbocycles. The van der Waals surface area contributed by atoms with Crippen LogP contribution in [0.3, 0.4) is 0 Å². The average molecular weight is 273 g/mol. The highest BCUT2D eigenvalue weighted by Crippen LogP contribution is 2.26. The summed E-state index contributed by atoms with van der Waals surface area (Å²) in [5, 5.41) is 0. The maximum absolute atomic E-state index is 4.07. The fourth-order valence-electron chi connectivity index (χ4n) is 1.91. The number of rotatable bonds is 2. The first-order valence-electron chi connectivity index (χ1n) is 5.24. The van der Waals surface area contributed by atoms with E-state index in [1.54, 1.807) is 6.33 Å². The first-order valence-corrected chi connectivity index (χ1v) is 5.24. The van der Waals surface area contributed by atoms with Gasteiger partial charge in [-0.2, -0.15) is 0 Å². The van der Waals surface area contributed by atoms with Gasteiger partial charge < -0.3 is 4.98 Å². The summed E-state index contributed by atoms with van der Waals surface area (Å²) < 4.78 is 0. The second-order valence-corrected chi connectivity index (χ2v) is 4.02. The van der Waals surface area contributed by atoms with E-state index in [1.807, 2.05) is 6.20 Å². The summed E-state index contributed by atoms with van der Waals surface area (Å²) in [6.45, 7) is 6.53. The molecule has 0 radical (unpaired) electrons. The van der Waals surface area contributed by atoms with Crippen LogP contribution >= 0.6 is 24.8 Å². The van der Waals surface area contributed by atoms with E-state index in [-0.39, 0.29) is 24.8 Å². The molecule has 0 bridgehead atoms. The summed E-state index contributed by atoms with van der Waals surface area (Å²) in [5.74, 6) is 0.382. The maximum Gasteiger partial charge on any atom is 0.0921 e. The summed E-state index contributed by atoms with van der Waals surface area (Å²) >= 11 is 0. The number of aryl methyl sites for hydroxylation is 1. The lowest BCUT2D eigenvalue weighted by Gasteiger charge is -2.14. The Morgan fingerprint density at radius 2 is 1.88 bits per heavy atom. The fourth-order valence-corrected chi connectivity index (χ4v) is 1.91. The van der Waals surface area contributed by atoms with Crippen LogP contribution in [0, 0.1) is 13.8 Å². The molecule has 1 aromatic carbocycles. The van der Waals surface area contributed by atoms with E-state index in [0.29, 0.717) is 5.92 Å². The fraction of sp³-hybridized carbons (Fsp3) is 0.308. The Balaban J connectivity index is 0.00000128. The van der Waals surface area contributed by atoms with Gasteiger partial charge in [0.25, 0.3) is 0 Å². The summed E-state index contributed by atoms with van der Waals surface area (Å²) in [6, 6.07) is 6.46. The number of hydrogen-bond acceptors (Lipinski definition) is 1. The minimum Gasteiger partial charge on any atom is -0.348 e. The molecule has 2 nitrogen and oxygen atoms in total. The molecule has 0 aliphatic rings. The lowest BCUT2D eigenvalue weighted by molar-refractivity contribution is 0.871. The highest BCUT2D eigenvalue weighted by Gasteiger charge is 2.12. The van der Waals surface area contributed by atoms with Crippen LogP contribution in [-0.4, -0.2) is 9.97 Å². The van der Waals surface area contributed by atoms with E-state index >= 15 is 0 Å². The summed E-state index contributed by atoms with van der Waals surface area (Å²) in [7, 11) is 0. The van der Waals surface area contributed by atoms with Gasteiger partial charge in [-0.15, -0.1) is 24.8 Å². The molecule has 2 rings (SSSR count). The summed E-state index contributed by atoms with van der Waals surface area (Å²) in [4.78, 5) is 7.24. The summed E-state index contributed by atoms with van der Waals surface area (Å²) in [5.41, 5.74) is 5.27. The zero-order valence-corrected chi connectivity index (χ0v) is 11.9. The molecule has 0 aliphatic heterocycles. The van der Waals surface area contributed by atoms with Gasteiger partial charge in [0.1, 0.15) is 0 Å². The van der Waals surface area contributed by atoms with Gasteiger partial charge in [0.2, 0.25) is 0 Å². The molecule has 0 fully saturated rings. The highest BCUT2D eigenvalue weighted by molar-refractivity contribution is 5.85. The number of nitrogens with one attached hydrogen (secondary N) is 1. The number of nitrogens with zero attached hydrogens (tertiary/aromatic N) is 1. The SMILES string of the molecule is Cc1cccc(C(C)c2cnc[nH]2)c1C.Cl.Cl. The van der Waals surface area contributed by atoms with E-state index in [1.165, 1.54) is 22.4 Å². The van der Waals surface area contributed by atoms with E-state index < -0.39 is 0 Å². The van der Waals surface area contributed by atoms with Crippen molar-refractivity contribution in [3.05, 3.63) is 53.1 Å². The zero-order valence-electron chi connectivity index (χ0n) is 10.2. The van der Waals surface area contributed by atoms with E-state index in [4.69, 9.17) is 0 Å². The van der Waals surface area contributed by atoms with Crippen molar-refractivity contribution in [3.8, 4) is 0 Å². The molecule has 1 heterocycles. The van der Waals surface area contributed by atoms with Crippen molar-refractivity contribution in [3.63, 3.8) is 0 Å². The van der Waals surface area contributed by atoms with Crippen LogP contribution in [0.5, 0.6) is 0 Å². The largest absolute Gasteiger partial charge is 0.348 e. The van der Waals surface area contributed by atoms with Crippen molar-refractivity contribution < 1.29 is 0 Å². The molecule has 0 amide bonds. The predicted molar refractivity (Wildman–Crippen MR) is 76.5 cm³/mol. The lowest BCUT2D eigenvalue weighted by Crippen LogP contribution is -2.00. The molecule has 1 atom stereocenters. The number of hydrogen-bond donors (Lipinski definition) is 1. The molecular weight excluding hydrogens is 255 g/mol. The minimum absolute atomic E-state index is 0. The van der Waals surface area contributed by atoms with Crippen molar-refractivity contribution in [2.75, 3.05) is 0 Å². The third-order valence-corrected chi connectivity index (χ3v) is 3.10. The Bertz CT molecular complexity index is 452. The molecule has 1 unspecified atom stereocenters. The molecule has 4 heteroatoms. The van der Waals surface area contributed by atoms with E-state index in [9.17, 15) is 0 Å². The number of aromatic amines is 1. The number of H-pyrrole nitrogens is 1. The Hall–Kier alpha value is -0.990. The number of imidazole rings is 1. The van der Waals surface area contributed by atoms with Gasteiger partial charge in [-0.25, -0.2) is 4.98 Å². The van der Waals surface area contributed by atoms with Gasteiger partial charge in [0, 0.05) is 17.8 Å². The topological polar surface area (TPSA) is 28.7 Å². The van der Waals surface area contributed by atoms with Crippen LogP contribution in [0.1, 0.15) is 35.2 Å². The molecule has 0 saturated heterocycles. The van der Waals surface area contributed by atoms with Crippen molar-refractivity contribution in [2.24, 2.45) is 0 Å². The predicted octanol–water partition coefficient (Wildman–Crippen LogP) is 4.02. The Morgan fingerprint density at radius 1 is 1.18 bits per heavy atom.